The molecular weight excluding hydrogens is 259 g/mol. The summed E-state index contributed by atoms with van der Waals surface area (Å²) in [5, 5.41) is 8.59. The molecule has 1 aromatic rings. The summed E-state index contributed by atoms with van der Waals surface area (Å²) >= 11 is 0. The van der Waals surface area contributed by atoms with Gasteiger partial charge in [-0.1, -0.05) is 11.8 Å². The first-order valence-corrected chi connectivity index (χ1v) is 6.40. The summed E-state index contributed by atoms with van der Waals surface area (Å²) in [7, 11) is -0.949. The van der Waals surface area contributed by atoms with Gasteiger partial charge in [0.2, 0.25) is 0 Å². The molecule has 0 bridgehead atoms. The van der Waals surface area contributed by atoms with E-state index in [1.165, 1.54) is 20.2 Å². The van der Waals surface area contributed by atoms with E-state index in [0.717, 1.165) is 16.4 Å². The molecule has 18 heavy (non-hydrogen) atoms. The van der Waals surface area contributed by atoms with Gasteiger partial charge in [0, 0.05) is 14.1 Å². The smallest absolute Gasteiger partial charge is 0.301 e. The fraction of sp³-hybridized carbons (Fsp3) is 0.273. The Balaban J connectivity index is 3.17. The number of hydrogen-bond donors (Lipinski definition) is 2. The molecule has 0 aliphatic heterocycles. The van der Waals surface area contributed by atoms with Crippen molar-refractivity contribution in [2.75, 3.05) is 25.4 Å². The van der Waals surface area contributed by atoms with E-state index in [0.29, 0.717) is 0 Å². The average molecular weight is 272 g/mol. The van der Waals surface area contributed by atoms with Crippen molar-refractivity contribution in [1.29, 1.82) is 0 Å². The van der Waals surface area contributed by atoms with E-state index in [1.54, 1.807) is 0 Å². The Hall–Kier alpha value is -1.62. The van der Waals surface area contributed by atoms with Crippen LogP contribution < -0.4 is 4.72 Å². The van der Waals surface area contributed by atoms with Gasteiger partial charge >= 0.3 is 10.2 Å². The van der Waals surface area contributed by atoms with Crippen molar-refractivity contribution >= 4 is 15.9 Å². The molecule has 0 heterocycles. The van der Waals surface area contributed by atoms with E-state index >= 15 is 0 Å². The summed E-state index contributed by atoms with van der Waals surface area (Å²) in [4.78, 5) is 0. The van der Waals surface area contributed by atoms with Crippen LogP contribution in [-0.2, 0) is 10.2 Å². The minimum Gasteiger partial charge on any atom is -0.384 e. The number of benzene rings is 1. The van der Waals surface area contributed by atoms with Crippen LogP contribution in [0.25, 0.3) is 0 Å². The van der Waals surface area contributed by atoms with Crippen molar-refractivity contribution in [3.05, 3.63) is 29.6 Å². The molecule has 0 fully saturated rings. The molecule has 0 saturated heterocycles. The number of aliphatic hydroxyl groups is 1. The predicted molar refractivity (Wildman–Crippen MR) is 66.6 cm³/mol. The zero-order chi connectivity index (χ0) is 13.8. The van der Waals surface area contributed by atoms with Gasteiger partial charge in [0.1, 0.15) is 12.4 Å². The van der Waals surface area contributed by atoms with Crippen LogP contribution in [-0.4, -0.2) is 38.5 Å². The highest BCUT2D eigenvalue weighted by Gasteiger charge is 2.15. The van der Waals surface area contributed by atoms with Crippen LogP contribution in [0.3, 0.4) is 0 Å². The van der Waals surface area contributed by atoms with Crippen molar-refractivity contribution in [2.45, 2.75) is 0 Å². The fourth-order valence-electron chi connectivity index (χ4n) is 1.07. The summed E-state index contributed by atoms with van der Waals surface area (Å²) in [6, 6.07) is 3.49. The van der Waals surface area contributed by atoms with E-state index < -0.39 is 22.6 Å². The second-order valence-corrected chi connectivity index (χ2v) is 5.42. The number of rotatable bonds is 3. The number of hydrogen-bond acceptors (Lipinski definition) is 3. The molecule has 7 heteroatoms. The quantitative estimate of drug-likeness (QED) is 0.782. The Labute approximate surface area is 105 Å². The summed E-state index contributed by atoms with van der Waals surface area (Å²) in [6.07, 6.45) is 0. The summed E-state index contributed by atoms with van der Waals surface area (Å²) in [6.45, 7) is -0.392. The molecule has 1 rings (SSSR count). The molecule has 0 spiro atoms. The zero-order valence-electron chi connectivity index (χ0n) is 9.94. The lowest BCUT2D eigenvalue weighted by Gasteiger charge is -2.14. The van der Waals surface area contributed by atoms with Crippen LogP contribution in [0.4, 0.5) is 10.1 Å². The van der Waals surface area contributed by atoms with Crippen LogP contribution in [0.5, 0.6) is 0 Å². The van der Waals surface area contributed by atoms with Crippen LogP contribution in [0.2, 0.25) is 0 Å². The summed E-state index contributed by atoms with van der Waals surface area (Å²) in [5.74, 6) is 4.28. The first-order chi connectivity index (χ1) is 8.36. The third-order valence-electron chi connectivity index (χ3n) is 2.00. The number of nitrogens with zero attached hydrogens (tertiary/aromatic N) is 1. The molecule has 0 radical (unpaired) electrons. The predicted octanol–water partition coefficient (Wildman–Crippen LogP) is 0.388. The highest BCUT2D eigenvalue weighted by atomic mass is 32.2. The summed E-state index contributed by atoms with van der Waals surface area (Å²) in [5.41, 5.74) is 0.320. The first kappa shape index (κ1) is 14.4. The van der Waals surface area contributed by atoms with Gasteiger partial charge in [0.15, 0.2) is 0 Å². The zero-order valence-corrected chi connectivity index (χ0v) is 10.8. The van der Waals surface area contributed by atoms with E-state index in [9.17, 15) is 12.8 Å². The molecule has 5 nitrogen and oxygen atoms in total. The molecule has 2 N–H and O–H groups in total. The van der Waals surface area contributed by atoms with Gasteiger partial charge < -0.3 is 5.11 Å². The minimum atomic E-state index is -3.68. The lowest BCUT2D eigenvalue weighted by Crippen LogP contribution is -2.29. The molecule has 98 valence electrons. The van der Waals surface area contributed by atoms with Gasteiger partial charge in [0.05, 0.1) is 11.3 Å². The Morgan fingerprint density at radius 1 is 1.44 bits per heavy atom. The molecule has 0 atom stereocenters. The van der Waals surface area contributed by atoms with Crippen LogP contribution >= 0.6 is 0 Å². The monoisotopic (exact) mass is 272 g/mol. The lowest BCUT2D eigenvalue weighted by molar-refractivity contribution is 0.350. The van der Waals surface area contributed by atoms with Crippen molar-refractivity contribution in [3.63, 3.8) is 0 Å². The van der Waals surface area contributed by atoms with E-state index in [4.69, 9.17) is 5.11 Å². The fourth-order valence-corrected chi connectivity index (χ4v) is 1.71. The number of aliphatic hydroxyl groups excluding tert-OH is 1. The normalized spacial score (nSPS) is 10.9. The number of nitrogens with one attached hydrogen (secondary N) is 1. The van der Waals surface area contributed by atoms with E-state index in [1.807, 2.05) is 0 Å². The van der Waals surface area contributed by atoms with E-state index in [2.05, 4.69) is 16.6 Å². The van der Waals surface area contributed by atoms with Gasteiger partial charge in [-0.3, -0.25) is 4.72 Å². The minimum absolute atomic E-state index is 0.158. The van der Waals surface area contributed by atoms with Gasteiger partial charge in [-0.25, -0.2) is 4.39 Å². The molecule has 0 aromatic heterocycles. The Kier molecular flexibility index (Phi) is 4.67. The molecule has 0 amide bonds. The molecule has 0 saturated carbocycles. The third-order valence-corrected chi connectivity index (χ3v) is 3.44. The standard InChI is InChI=1S/C11H13FN2O3S/c1-14(2)18(16,17)13-11-6-5-10(12)8-9(11)4-3-7-15/h5-6,8,13,15H,7H2,1-2H3. The second kappa shape index (κ2) is 5.82. The van der Waals surface area contributed by atoms with Crippen LogP contribution in [0.15, 0.2) is 18.2 Å². The topological polar surface area (TPSA) is 69.6 Å². The van der Waals surface area contributed by atoms with Crippen LogP contribution in [0, 0.1) is 17.7 Å². The van der Waals surface area contributed by atoms with Gasteiger partial charge in [-0.15, -0.1) is 0 Å². The highest BCUT2D eigenvalue weighted by Crippen LogP contribution is 2.17. The first-order valence-electron chi connectivity index (χ1n) is 4.96. The highest BCUT2D eigenvalue weighted by molar-refractivity contribution is 7.90. The Morgan fingerprint density at radius 3 is 2.67 bits per heavy atom. The molecular formula is C11H13FN2O3S. The van der Waals surface area contributed by atoms with Gasteiger partial charge in [-0.05, 0) is 18.2 Å². The molecule has 0 aliphatic rings. The van der Waals surface area contributed by atoms with Crippen molar-refractivity contribution < 1.29 is 17.9 Å². The van der Waals surface area contributed by atoms with Crippen molar-refractivity contribution in [3.8, 4) is 11.8 Å². The Morgan fingerprint density at radius 2 is 2.11 bits per heavy atom. The number of anilines is 1. The number of halogens is 1. The molecule has 0 aliphatic carbocycles. The Bertz CT molecular complexity index is 588. The van der Waals surface area contributed by atoms with Crippen molar-refractivity contribution in [2.24, 2.45) is 0 Å². The maximum atomic E-state index is 13.0. The van der Waals surface area contributed by atoms with Crippen LogP contribution in [0.1, 0.15) is 5.56 Å². The summed E-state index contributed by atoms with van der Waals surface area (Å²) < 4.78 is 39.6. The van der Waals surface area contributed by atoms with Gasteiger partial charge in [-0.2, -0.15) is 12.7 Å². The molecule has 0 unspecified atom stereocenters. The third kappa shape index (κ3) is 3.70. The average Bonchev–Trinajstić information content (AvgIpc) is 2.29. The van der Waals surface area contributed by atoms with Crippen molar-refractivity contribution in [1.82, 2.24) is 4.31 Å². The lowest BCUT2D eigenvalue weighted by atomic mass is 10.2. The molecule has 1 aromatic carbocycles. The van der Waals surface area contributed by atoms with Gasteiger partial charge in [0.25, 0.3) is 0 Å². The van der Waals surface area contributed by atoms with E-state index in [-0.39, 0.29) is 11.3 Å². The SMILES string of the molecule is CN(C)S(=O)(=O)Nc1ccc(F)cc1C#CCO. The second-order valence-electron chi connectivity index (χ2n) is 3.54. The maximum absolute atomic E-state index is 13.0. The largest absolute Gasteiger partial charge is 0.384 e. The maximum Gasteiger partial charge on any atom is 0.301 e.